The highest BCUT2D eigenvalue weighted by Crippen LogP contribution is 2.27. The quantitative estimate of drug-likeness (QED) is 0.586. The summed E-state index contributed by atoms with van der Waals surface area (Å²) >= 11 is 0. The van der Waals surface area contributed by atoms with Crippen LogP contribution in [0.25, 0.3) is 6.08 Å². The number of nitrogens with zero attached hydrogens (tertiary/aromatic N) is 2. The first kappa shape index (κ1) is 18.4. The Balaban J connectivity index is 2.42. The van der Waals surface area contributed by atoms with Crippen LogP contribution in [0.1, 0.15) is 19.4 Å². The zero-order valence-corrected chi connectivity index (χ0v) is 14.5. The third-order valence-corrected chi connectivity index (χ3v) is 3.85. The van der Waals surface area contributed by atoms with Gasteiger partial charge in [0.2, 0.25) is 0 Å². The van der Waals surface area contributed by atoms with Crippen molar-refractivity contribution in [2.45, 2.75) is 13.8 Å². The molecule has 6 heteroatoms. The van der Waals surface area contributed by atoms with Crippen molar-refractivity contribution in [2.24, 2.45) is 0 Å². The van der Waals surface area contributed by atoms with Gasteiger partial charge in [0.15, 0.2) is 0 Å². The number of carbonyl (C=O) groups is 2. The minimum atomic E-state index is -0.578. The van der Waals surface area contributed by atoms with Gasteiger partial charge in [0, 0.05) is 12.7 Å². The molecule has 1 aromatic rings. The lowest BCUT2D eigenvalue weighted by molar-refractivity contribution is -0.141. The number of rotatable bonds is 6. The monoisotopic (exact) mass is 340 g/mol. The molecule has 0 spiro atoms. The van der Waals surface area contributed by atoms with E-state index in [0.29, 0.717) is 17.8 Å². The summed E-state index contributed by atoms with van der Waals surface area (Å²) in [6, 6.07) is 9.16. The summed E-state index contributed by atoms with van der Waals surface area (Å²) < 4.78 is 10.3. The number of methoxy groups -OCH3 is 1. The maximum Gasteiger partial charge on any atom is 0.271 e. The fraction of sp³-hybridized carbons (Fsp3) is 0.316. The molecule has 130 valence electrons. The van der Waals surface area contributed by atoms with E-state index in [1.807, 2.05) is 25.1 Å². The van der Waals surface area contributed by atoms with Gasteiger partial charge in [0.05, 0.1) is 19.8 Å². The second kappa shape index (κ2) is 8.27. The van der Waals surface area contributed by atoms with E-state index >= 15 is 0 Å². The standard InChI is InChI=1S/C19H20N2O4/c1-4-25-15-7-5-14(6-8-15)11-16-13(2)17(12-20)19(23)21(18(16)22)9-10-24-3/h5-8,11H,4,9-10H2,1-3H3/b16-11+. The Kier molecular flexibility index (Phi) is 6.09. The molecule has 0 aromatic heterocycles. The van der Waals surface area contributed by atoms with E-state index in [4.69, 9.17) is 9.47 Å². The predicted octanol–water partition coefficient (Wildman–Crippen LogP) is 2.32. The summed E-state index contributed by atoms with van der Waals surface area (Å²) in [5.74, 6) is -0.264. The number of ether oxygens (including phenoxy) is 2. The Hall–Kier alpha value is -2.91. The van der Waals surface area contributed by atoms with Crippen molar-refractivity contribution in [1.29, 1.82) is 5.26 Å². The molecule has 1 aromatic carbocycles. The predicted molar refractivity (Wildman–Crippen MR) is 92.5 cm³/mol. The molecular weight excluding hydrogens is 320 g/mol. The SMILES string of the molecule is CCOc1ccc(/C=C2/C(=O)N(CCOC)C(=O)C(C#N)=C2C)cc1. The second-order valence-electron chi connectivity index (χ2n) is 5.43. The van der Waals surface area contributed by atoms with Gasteiger partial charge in [0.25, 0.3) is 11.8 Å². The van der Waals surface area contributed by atoms with Gasteiger partial charge in [-0.25, -0.2) is 0 Å². The molecule has 6 nitrogen and oxygen atoms in total. The van der Waals surface area contributed by atoms with Crippen LogP contribution in [-0.4, -0.2) is 43.6 Å². The van der Waals surface area contributed by atoms with Crippen molar-refractivity contribution < 1.29 is 19.1 Å². The molecule has 1 heterocycles. The smallest absolute Gasteiger partial charge is 0.271 e. The topological polar surface area (TPSA) is 79.6 Å². The maximum absolute atomic E-state index is 12.7. The molecule has 0 N–H and O–H groups in total. The number of amides is 2. The molecule has 0 radical (unpaired) electrons. The minimum absolute atomic E-state index is 0.0205. The molecule has 0 bridgehead atoms. The van der Waals surface area contributed by atoms with Crippen LogP contribution in [0.3, 0.4) is 0 Å². The molecule has 25 heavy (non-hydrogen) atoms. The Bertz CT molecular complexity index is 770. The number of benzene rings is 1. The number of nitriles is 1. The fourth-order valence-electron chi connectivity index (χ4n) is 2.51. The van der Waals surface area contributed by atoms with Crippen LogP contribution < -0.4 is 4.74 Å². The summed E-state index contributed by atoms with van der Waals surface area (Å²) in [7, 11) is 1.49. The number of imide groups is 1. The zero-order valence-electron chi connectivity index (χ0n) is 14.5. The number of hydrogen-bond acceptors (Lipinski definition) is 5. The highest BCUT2D eigenvalue weighted by Gasteiger charge is 2.35. The summed E-state index contributed by atoms with van der Waals surface area (Å²) in [6.45, 7) is 4.41. The average Bonchev–Trinajstić information content (AvgIpc) is 2.61. The normalized spacial score (nSPS) is 16.4. The first-order chi connectivity index (χ1) is 12.0. The molecule has 0 atom stereocenters. The molecular formula is C19H20N2O4. The van der Waals surface area contributed by atoms with Crippen LogP contribution in [0.5, 0.6) is 5.75 Å². The lowest BCUT2D eigenvalue weighted by Crippen LogP contribution is -2.44. The van der Waals surface area contributed by atoms with Gasteiger partial charge >= 0.3 is 0 Å². The van der Waals surface area contributed by atoms with E-state index in [-0.39, 0.29) is 18.7 Å². The molecule has 0 unspecified atom stereocenters. The van der Waals surface area contributed by atoms with E-state index in [9.17, 15) is 14.9 Å². The van der Waals surface area contributed by atoms with Crippen LogP contribution in [0, 0.1) is 11.3 Å². The lowest BCUT2D eigenvalue weighted by Gasteiger charge is -2.27. The maximum atomic E-state index is 12.7. The fourth-order valence-corrected chi connectivity index (χ4v) is 2.51. The van der Waals surface area contributed by atoms with Gasteiger partial charge in [-0.15, -0.1) is 0 Å². The molecule has 2 rings (SSSR count). The van der Waals surface area contributed by atoms with Crippen molar-refractivity contribution in [3.63, 3.8) is 0 Å². The van der Waals surface area contributed by atoms with Crippen LogP contribution >= 0.6 is 0 Å². The first-order valence-corrected chi connectivity index (χ1v) is 7.94. The summed E-state index contributed by atoms with van der Waals surface area (Å²) in [5.41, 5.74) is 1.48. The summed E-state index contributed by atoms with van der Waals surface area (Å²) in [4.78, 5) is 26.1. The second-order valence-corrected chi connectivity index (χ2v) is 5.43. The van der Waals surface area contributed by atoms with Gasteiger partial charge in [-0.1, -0.05) is 12.1 Å². The van der Waals surface area contributed by atoms with Crippen molar-refractivity contribution in [2.75, 3.05) is 26.9 Å². The average molecular weight is 340 g/mol. The molecule has 1 aliphatic rings. The molecule has 0 saturated heterocycles. The lowest BCUT2D eigenvalue weighted by atomic mass is 9.93. The van der Waals surface area contributed by atoms with Crippen LogP contribution in [-0.2, 0) is 14.3 Å². The van der Waals surface area contributed by atoms with E-state index in [1.165, 1.54) is 7.11 Å². The Labute approximate surface area is 146 Å². The van der Waals surface area contributed by atoms with Gasteiger partial charge < -0.3 is 9.47 Å². The van der Waals surface area contributed by atoms with Crippen molar-refractivity contribution in [3.8, 4) is 11.8 Å². The Morgan fingerprint density at radius 1 is 1.20 bits per heavy atom. The van der Waals surface area contributed by atoms with E-state index in [0.717, 1.165) is 16.2 Å². The number of hydrogen-bond donors (Lipinski definition) is 0. The van der Waals surface area contributed by atoms with E-state index < -0.39 is 11.8 Å². The summed E-state index contributed by atoms with van der Waals surface area (Å²) in [5, 5.41) is 9.30. The van der Waals surface area contributed by atoms with Crippen LogP contribution in [0.4, 0.5) is 0 Å². The summed E-state index contributed by atoms with van der Waals surface area (Å²) in [6.07, 6.45) is 1.68. The Morgan fingerprint density at radius 3 is 2.44 bits per heavy atom. The number of carbonyl (C=O) groups excluding carboxylic acids is 2. The molecule has 0 saturated carbocycles. The molecule has 2 amide bonds. The minimum Gasteiger partial charge on any atom is -0.494 e. The molecule has 0 fully saturated rings. The third kappa shape index (κ3) is 3.95. The van der Waals surface area contributed by atoms with Crippen LogP contribution in [0.15, 0.2) is 41.0 Å². The zero-order chi connectivity index (χ0) is 18.4. The van der Waals surface area contributed by atoms with Gasteiger partial charge in [0.1, 0.15) is 17.4 Å². The van der Waals surface area contributed by atoms with E-state index in [2.05, 4.69) is 0 Å². The van der Waals surface area contributed by atoms with Crippen LogP contribution in [0.2, 0.25) is 0 Å². The molecule has 1 aliphatic heterocycles. The third-order valence-electron chi connectivity index (χ3n) is 3.85. The van der Waals surface area contributed by atoms with Gasteiger partial charge in [-0.3, -0.25) is 14.5 Å². The van der Waals surface area contributed by atoms with Gasteiger partial charge in [-0.2, -0.15) is 5.26 Å². The molecule has 0 aliphatic carbocycles. The highest BCUT2D eigenvalue weighted by molar-refractivity contribution is 6.19. The Morgan fingerprint density at radius 2 is 1.88 bits per heavy atom. The van der Waals surface area contributed by atoms with E-state index in [1.54, 1.807) is 25.1 Å². The first-order valence-electron chi connectivity index (χ1n) is 7.94. The largest absolute Gasteiger partial charge is 0.494 e. The highest BCUT2D eigenvalue weighted by atomic mass is 16.5. The van der Waals surface area contributed by atoms with Crippen molar-refractivity contribution in [3.05, 3.63) is 46.5 Å². The van der Waals surface area contributed by atoms with Crippen molar-refractivity contribution in [1.82, 2.24) is 4.90 Å². The van der Waals surface area contributed by atoms with Gasteiger partial charge in [-0.05, 0) is 43.2 Å². The van der Waals surface area contributed by atoms with Crippen molar-refractivity contribution >= 4 is 17.9 Å².